The molecule has 0 radical (unpaired) electrons. The van der Waals surface area contributed by atoms with E-state index < -0.39 is 6.04 Å². The molecule has 0 spiro atoms. The Morgan fingerprint density at radius 2 is 1.90 bits per heavy atom. The molecule has 1 aliphatic heterocycles. The topological polar surface area (TPSA) is 49.4 Å². The summed E-state index contributed by atoms with van der Waals surface area (Å²) in [6.45, 7) is 6.19. The van der Waals surface area contributed by atoms with Gasteiger partial charge in [0.2, 0.25) is 11.8 Å². The monoisotopic (exact) mass is 328 g/mol. The molecule has 1 N–H and O–H groups in total. The van der Waals surface area contributed by atoms with Gasteiger partial charge in [0.05, 0.1) is 16.6 Å². The summed E-state index contributed by atoms with van der Waals surface area (Å²) in [4.78, 5) is 25.9. The number of nitrogens with zero attached hydrogens (tertiary/aromatic N) is 1. The number of carbonyl (C=O) groups is 2. The lowest BCUT2D eigenvalue weighted by Crippen LogP contribution is -2.61. The van der Waals surface area contributed by atoms with Crippen LogP contribution >= 0.6 is 23.2 Å². The van der Waals surface area contributed by atoms with Crippen LogP contribution in [0.15, 0.2) is 18.2 Å². The Kier molecular flexibility index (Phi) is 4.49. The third kappa shape index (κ3) is 3.69. The van der Waals surface area contributed by atoms with Crippen molar-refractivity contribution >= 4 is 35.0 Å². The predicted molar refractivity (Wildman–Crippen MR) is 83.3 cm³/mol. The van der Waals surface area contributed by atoms with Crippen LogP contribution in [0.3, 0.4) is 0 Å². The van der Waals surface area contributed by atoms with E-state index in [1.165, 1.54) is 0 Å². The third-order valence-corrected chi connectivity index (χ3v) is 4.16. The molecule has 1 unspecified atom stereocenters. The van der Waals surface area contributed by atoms with Gasteiger partial charge in [0.15, 0.2) is 0 Å². The molecule has 1 aromatic carbocycles. The van der Waals surface area contributed by atoms with E-state index in [0.29, 0.717) is 16.6 Å². The van der Waals surface area contributed by atoms with Crippen molar-refractivity contribution in [2.45, 2.75) is 33.4 Å². The lowest BCUT2D eigenvalue weighted by atomic mass is 9.84. The van der Waals surface area contributed by atoms with Gasteiger partial charge in [-0.3, -0.25) is 9.59 Å². The second-order valence-electron chi connectivity index (χ2n) is 6.31. The molecule has 2 amide bonds. The van der Waals surface area contributed by atoms with Gasteiger partial charge >= 0.3 is 0 Å². The number of nitrogens with one attached hydrogen (secondary N) is 1. The van der Waals surface area contributed by atoms with E-state index in [1.54, 1.807) is 23.1 Å². The highest BCUT2D eigenvalue weighted by molar-refractivity contribution is 6.42. The molecular weight excluding hydrogens is 311 g/mol. The second-order valence-corrected chi connectivity index (χ2v) is 7.12. The molecule has 1 atom stereocenters. The van der Waals surface area contributed by atoms with Gasteiger partial charge in [-0.25, -0.2) is 0 Å². The van der Waals surface area contributed by atoms with Crippen molar-refractivity contribution in [2.24, 2.45) is 5.41 Å². The van der Waals surface area contributed by atoms with E-state index in [2.05, 4.69) is 5.32 Å². The van der Waals surface area contributed by atoms with Crippen LogP contribution in [-0.2, 0) is 16.1 Å². The highest BCUT2D eigenvalue weighted by Gasteiger charge is 2.39. The highest BCUT2D eigenvalue weighted by Crippen LogP contribution is 2.26. The van der Waals surface area contributed by atoms with E-state index >= 15 is 0 Å². The van der Waals surface area contributed by atoms with Gasteiger partial charge in [-0.1, -0.05) is 50.0 Å². The van der Waals surface area contributed by atoms with Crippen molar-refractivity contribution < 1.29 is 9.59 Å². The first-order chi connectivity index (χ1) is 9.68. The van der Waals surface area contributed by atoms with Crippen LogP contribution in [0.25, 0.3) is 0 Å². The fourth-order valence-electron chi connectivity index (χ4n) is 2.28. The molecule has 1 heterocycles. The van der Waals surface area contributed by atoms with Crippen LogP contribution < -0.4 is 5.32 Å². The average Bonchev–Trinajstić information content (AvgIpc) is 2.36. The van der Waals surface area contributed by atoms with Crippen LogP contribution in [0.4, 0.5) is 0 Å². The van der Waals surface area contributed by atoms with Crippen LogP contribution in [0.2, 0.25) is 10.0 Å². The zero-order chi connectivity index (χ0) is 15.8. The molecule has 1 aliphatic rings. The Balaban J connectivity index is 2.20. The van der Waals surface area contributed by atoms with Crippen LogP contribution in [-0.4, -0.2) is 29.3 Å². The van der Waals surface area contributed by atoms with Crippen molar-refractivity contribution in [1.82, 2.24) is 10.2 Å². The molecule has 0 aliphatic carbocycles. The fourth-order valence-corrected chi connectivity index (χ4v) is 2.60. The van der Waals surface area contributed by atoms with Gasteiger partial charge in [0, 0.05) is 6.54 Å². The maximum Gasteiger partial charge on any atom is 0.246 e. The standard InChI is InChI=1S/C15H18Cl2N2O2/c1-15(2,3)13-14(21)19(8-12(20)18-13)7-9-4-5-10(16)11(17)6-9/h4-6,13H,7-8H2,1-3H3,(H,18,20). The molecule has 2 rings (SSSR count). The second kappa shape index (κ2) is 5.85. The summed E-state index contributed by atoms with van der Waals surface area (Å²) < 4.78 is 0. The predicted octanol–water partition coefficient (Wildman–Crippen LogP) is 2.87. The summed E-state index contributed by atoms with van der Waals surface area (Å²) in [6.07, 6.45) is 0. The Morgan fingerprint density at radius 3 is 2.48 bits per heavy atom. The van der Waals surface area contributed by atoms with Crippen molar-refractivity contribution in [1.29, 1.82) is 0 Å². The molecule has 6 heteroatoms. The van der Waals surface area contributed by atoms with Gasteiger partial charge in [-0.2, -0.15) is 0 Å². The van der Waals surface area contributed by atoms with Crippen LogP contribution in [0.5, 0.6) is 0 Å². The first-order valence-corrected chi connectivity index (χ1v) is 7.46. The quantitative estimate of drug-likeness (QED) is 0.907. The fraction of sp³-hybridized carbons (Fsp3) is 0.467. The zero-order valence-corrected chi connectivity index (χ0v) is 13.8. The summed E-state index contributed by atoms with van der Waals surface area (Å²) in [6, 6.07) is 4.70. The third-order valence-electron chi connectivity index (χ3n) is 3.42. The summed E-state index contributed by atoms with van der Waals surface area (Å²) in [5.74, 6) is -0.220. The summed E-state index contributed by atoms with van der Waals surface area (Å²) >= 11 is 11.9. The molecule has 0 aromatic heterocycles. The minimum atomic E-state index is -0.512. The van der Waals surface area contributed by atoms with Crippen LogP contribution in [0.1, 0.15) is 26.3 Å². The first-order valence-electron chi connectivity index (χ1n) is 6.70. The molecule has 0 bridgehead atoms. The molecule has 4 nitrogen and oxygen atoms in total. The van der Waals surface area contributed by atoms with Gasteiger partial charge in [0.25, 0.3) is 0 Å². The SMILES string of the molecule is CC(C)(C)C1NC(=O)CN(Cc2ccc(Cl)c(Cl)c2)C1=O. The highest BCUT2D eigenvalue weighted by atomic mass is 35.5. The van der Waals surface area contributed by atoms with Gasteiger partial charge in [-0.05, 0) is 23.1 Å². The largest absolute Gasteiger partial charge is 0.342 e. The average molecular weight is 329 g/mol. The van der Waals surface area contributed by atoms with E-state index in [0.717, 1.165) is 5.56 Å². The molecule has 0 saturated carbocycles. The Labute approximate surface area is 134 Å². The van der Waals surface area contributed by atoms with Crippen LogP contribution in [0, 0.1) is 5.41 Å². The molecule has 21 heavy (non-hydrogen) atoms. The molecule has 114 valence electrons. The maximum atomic E-state index is 12.5. The number of halogens is 2. The molecule has 1 fully saturated rings. The lowest BCUT2D eigenvalue weighted by Gasteiger charge is -2.38. The van der Waals surface area contributed by atoms with Gasteiger partial charge in [-0.15, -0.1) is 0 Å². The number of rotatable bonds is 2. The molecule has 1 saturated heterocycles. The van der Waals surface area contributed by atoms with E-state index in [-0.39, 0.29) is 23.8 Å². The van der Waals surface area contributed by atoms with Crippen molar-refractivity contribution in [2.75, 3.05) is 6.54 Å². The number of carbonyl (C=O) groups excluding carboxylic acids is 2. The van der Waals surface area contributed by atoms with Gasteiger partial charge in [0.1, 0.15) is 6.04 Å². The Bertz CT molecular complexity index is 582. The van der Waals surface area contributed by atoms with E-state index in [9.17, 15) is 9.59 Å². The van der Waals surface area contributed by atoms with Gasteiger partial charge < -0.3 is 10.2 Å². The summed E-state index contributed by atoms with van der Waals surface area (Å²) in [5.41, 5.74) is 0.517. The number of amides is 2. The first kappa shape index (κ1) is 16.1. The lowest BCUT2D eigenvalue weighted by molar-refractivity contribution is -0.147. The smallest absolute Gasteiger partial charge is 0.246 e. The number of benzene rings is 1. The minimum Gasteiger partial charge on any atom is -0.342 e. The number of piperazine rings is 1. The van der Waals surface area contributed by atoms with Crippen molar-refractivity contribution in [3.8, 4) is 0 Å². The minimum absolute atomic E-state index is 0.0612. The summed E-state index contributed by atoms with van der Waals surface area (Å²) in [7, 11) is 0. The van der Waals surface area contributed by atoms with Crippen molar-refractivity contribution in [3.05, 3.63) is 33.8 Å². The Morgan fingerprint density at radius 1 is 1.24 bits per heavy atom. The van der Waals surface area contributed by atoms with Crippen molar-refractivity contribution in [3.63, 3.8) is 0 Å². The normalized spacial score (nSPS) is 19.7. The number of hydrogen-bond acceptors (Lipinski definition) is 2. The molecular formula is C15H18Cl2N2O2. The van der Waals surface area contributed by atoms with E-state index in [1.807, 2.05) is 20.8 Å². The number of hydrogen-bond donors (Lipinski definition) is 1. The maximum absolute atomic E-state index is 12.5. The summed E-state index contributed by atoms with van der Waals surface area (Å²) in [5, 5.41) is 3.67. The zero-order valence-electron chi connectivity index (χ0n) is 12.2. The Hall–Kier alpha value is -1.26. The van der Waals surface area contributed by atoms with E-state index in [4.69, 9.17) is 23.2 Å². The molecule has 1 aromatic rings.